The number of rotatable bonds is 6. The van der Waals surface area contributed by atoms with E-state index in [2.05, 4.69) is 4.90 Å². The minimum Gasteiger partial charge on any atom is -0.482 e. The minimum atomic E-state index is -0.0796. The third kappa shape index (κ3) is 5.06. The van der Waals surface area contributed by atoms with Gasteiger partial charge >= 0.3 is 0 Å². The first-order chi connectivity index (χ1) is 15.0. The Hall–Kier alpha value is -2.89. The Morgan fingerprint density at radius 1 is 0.935 bits per heavy atom. The fourth-order valence-corrected chi connectivity index (χ4v) is 4.03. The van der Waals surface area contributed by atoms with Crippen molar-refractivity contribution in [3.05, 3.63) is 76.8 Å². The molecule has 0 unspecified atom stereocenters. The summed E-state index contributed by atoms with van der Waals surface area (Å²) >= 11 is 5.95. The van der Waals surface area contributed by atoms with Crippen LogP contribution in [-0.4, -0.2) is 54.3 Å². The van der Waals surface area contributed by atoms with E-state index in [-0.39, 0.29) is 18.3 Å². The Labute approximate surface area is 187 Å². The maximum Gasteiger partial charge on any atom is 0.260 e. The minimum absolute atomic E-state index is 0.0615. The van der Waals surface area contributed by atoms with Gasteiger partial charge in [-0.05, 0) is 36.1 Å². The number of carbonyl (C=O) groups excluding carboxylic acids is 2. The molecule has 0 spiro atoms. The first-order valence-electron chi connectivity index (χ1n) is 10.4. The molecule has 0 aromatic heterocycles. The molecule has 0 bridgehead atoms. The van der Waals surface area contributed by atoms with E-state index in [0.29, 0.717) is 24.4 Å². The predicted octanol–water partition coefficient (Wildman–Crippen LogP) is 4.42. The van der Waals surface area contributed by atoms with Crippen LogP contribution in [0.5, 0.6) is 5.75 Å². The fourth-order valence-electron chi connectivity index (χ4n) is 3.90. The fraction of sp³-hybridized carbons (Fsp3) is 0.280. The molecular weight excluding hydrogens is 412 g/mol. The van der Waals surface area contributed by atoms with Gasteiger partial charge in [0.2, 0.25) is 0 Å². The van der Waals surface area contributed by atoms with Crippen LogP contribution in [0.2, 0.25) is 5.02 Å². The van der Waals surface area contributed by atoms with E-state index in [0.717, 1.165) is 35.4 Å². The number of hydrogen-bond donors (Lipinski definition) is 0. The molecule has 0 radical (unpaired) electrons. The summed E-state index contributed by atoms with van der Waals surface area (Å²) in [6, 6.07) is 19.3. The predicted molar refractivity (Wildman–Crippen MR) is 123 cm³/mol. The Morgan fingerprint density at radius 2 is 1.65 bits per heavy atom. The van der Waals surface area contributed by atoms with Gasteiger partial charge in [0.15, 0.2) is 12.4 Å². The number of ether oxygens (including phenoxy) is 1. The standard InChI is InChI=1S/C25H25ClN2O3/c1-18(29)22-11-8-20-4-2-3-5-23(20)25(22)31-17-24(30)28-14-12-27(13-15-28)16-19-6-9-21(26)10-7-19/h2-11H,12-17H2,1H3. The van der Waals surface area contributed by atoms with Gasteiger partial charge in [-0.25, -0.2) is 0 Å². The molecule has 0 atom stereocenters. The molecule has 5 nitrogen and oxygen atoms in total. The number of ketones is 1. The quantitative estimate of drug-likeness (QED) is 0.537. The van der Waals surface area contributed by atoms with E-state index in [9.17, 15) is 9.59 Å². The summed E-state index contributed by atoms with van der Waals surface area (Å²) in [6.07, 6.45) is 0. The van der Waals surface area contributed by atoms with Gasteiger partial charge in [0.1, 0.15) is 5.75 Å². The zero-order chi connectivity index (χ0) is 21.8. The highest BCUT2D eigenvalue weighted by molar-refractivity contribution is 6.30. The second-order valence-electron chi connectivity index (χ2n) is 7.79. The number of benzene rings is 3. The molecule has 0 aliphatic carbocycles. The van der Waals surface area contributed by atoms with Crippen LogP contribution in [-0.2, 0) is 11.3 Å². The zero-order valence-electron chi connectivity index (χ0n) is 17.5. The van der Waals surface area contributed by atoms with Gasteiger partial charge < -0.3 is 9.64 Å². The average Bonchev–Trinajstić information content (AvgIpc) is 2.79. The highest BCUT2D eigenvalue weighted by Crippen LogP contribution is 2.30. The van der Waals surface area contributed by atoms with Crippen molar-refractivity contribution in [2.45, 2.75) is 13.5 Å². The highest BCUT2D eigenvalue weighted by atomic mass is 35.5. The molecule has 1 heterocycles. The normalized spacial score (nSPS) is 14.6. The van der Waals surface area contributed by atoms with Crippen LogP contribution >= 0.6 is 11.6 Å². The number of carbonyl (C=O) groups is 2. The number of hydrogen-bond acceptors (Lipinski definition) is 4. The molecule has 1 fully saturated rings. The molecule has 6 heteroatoms. The molecule has 1 aliphatic heterocycles. The summed E-state index contributed by atoms with van der Waals surface area (Å²) in [7, 11) is 0. The Balaban J connectivity index is 1.36. The van der Waals surface area contributed by atoms with E-state index >= 15 is 0 Å². The van der Waals surface area contributed by atoms with E-state index in [1.165, 1.54) is 12.5 Å². The van der Waals surface area contributed by atoms with E-state index in [4.69, 9.17) is 16.3 Å². The summed E-state index contributed by atoms with van der Waals surface area (Å²) < 4.78 is 5.92. The molecule has 3 aromatic rings. The average molecular weight is 437 g/mol. The summed E-state index contributed by atoms with van der Waals surface area (Å²) in [5, 5.41) is 2.56. The van der Waals surface area contributed by atoms with Crippen LogP contribution in [0.15, 0.2) is 60.7 Å². The lowest BCUT2D eigenvalue weighted by atomic mass is 10.0. The molecule has 1 saturated heterocycles. The Bertz CT molecular complexity index is 1090. The van der Waals surface area contributed by atoms with Gasteiger partial charge in [-0.3, -0.25) is 14.5 Å². The topological polar surface area (TPSA) is 49.9 Å². The van der Waals surface area contributed by atoms with Crippen molar-refractivity contribution in [1.29, 1.82) is 0 Å². The molecule has 160 valence electrons. The number of nitrogens with zero attached hydrogens (tertiary/aromatic N) is 2. The van der Waals surface area contributed by atoms with Crippen molar-refractivity contribution in [3.8, 4) is 5.75 Å². The third-order valence-electron chi connectivity index (χ3n) is 5.64. The van der Waals surface area contributed by atoms with Crippen molar-refractivity contribution in [3.63, 3.8) is 0 Å². The Kier molecular flexibility index (Phi) is 6.54. The lowest BCUT2D eigenvalue weighted by molar-refractivity contribution is -0.135. The number of halogens is 1. The molecule has 0 N–H and O–H groups in total. The molecule has 4 rings (SSSR count). The highest BCUT2D eigenvalue weighted by Gasteiger charge is 2.22. The summed E-state index contributed by atoms with van der Waals surface area (Å²) in [5.41, 5.74) is 1.71. The van der Waals surface area contributed by atoms with Crippen molar-refractivity contribution >= 4 is 34.1 Å². The first-order valence-corrected chi connectivity index (χ1v) is 10.8. The van der Waals surface area contributed by atoms with Gasteiger partial charge in [0.25, 0.3) is 5.91 Å². The smallest absolute Gasteiger partial charge is 0.260 e. The lowest BCUT2D eigenvalue weighted by Gasteiger charge is -2.34. The van der Waals surface area contributed by atoms with Crippen molar-refractivity contribution in [2.75, 3.05) is 32.8 Å². The molecule has 3 aromatic carbocycles. The molecule has 1 aliphatic rings. The second-order valence-corrected chi connectivity index (χ2v) is 8.23. The van der Waals surface area contributed by atoms with E-state index in [1.54, 1.807) is 6.07 Å². The number of piperazine rings is 1. The molecular formula is C25H25ClN2O3. The summed E-state index contributed by atoms with van der Waals surface area (Å²) in [4.78, 5) is 29.0. The lowest BCUT2D eigenvalue weighted by Crippen LogP contribution is -2.49. The largest absolute Gasteiger partial charge is 0.482 e. The van der Waals surface area contributed by atoms with Crippen LogP contribution in [0.1, 0.15) is 22.8 Å². The summed E-state index contributed by atoms with van der Waals surface area (Å²) in [5.74, 6) is 0.345. The van der Waals surface area contributed by atoms with Gasteiger partial charge in [-0.1, -0.05) is 54.1 Å². The van der Waals surface area contributed by atoms with Crippen molar-refractivity contribution in [2.24, 2.45) is 0 Å². The van der Waals surface area contributed by atoms with Crippen LogP contribution in [0.4, 0.5) is 0 Å². The van der Waals surface area contributed by atoms with Crippen LogP contribution in [0.25, 0.3) is 10.8 Å². The number of fused-ring (bicyclic) bond motifs is 1. The van der Waals surface area contributed by atoms with Gasteiger partial charge in [-0.15, -0.1) is 0 Å². The SMILES string of the molecule is CC(=O)c1ccc2ccccc2c1OCC(=O)N1CCN(Cc2ccc(Cl)cc2)CC1. The van der Waals surface area contributed by atoms with Crippen LogP contribution < -0.4 is 4.74 Å². The van der Waals surface area contributed by atoms with E-state index in [1.807, 2.05) is 59.5 Å². The molecule has 1 amide bonds. The van der Waals surface area contributed by atoms with Gasteiger partial charge in [-0.2, -0.15) is 0 Å². The number of Topliss-reactive ketones (excluding diaryl/α,β-unsaturated/α-hetero) is 1. The maximum absolute atomic E-state index is 12.8. The maximum atomic E-state index is 12.8. The van der Waals surface area contributed by atoms with Crippen LogP contribution in [0, 0.1) is 0 Å². The Morgan fingerprint density at radius 3 is 2.35 bits per heavy atom. The first kappa shape index (κ1) is 21.3. The molecule has 0 saturated carbocycles. The zero-order valence-corrected chi connectivity index (χ0v) is 18.3. The van der Waals surface area contributed by atoms with Crippen molar-refractivity contribution < 1.29 is 14.3 Å². The summed E-state index contributed by atoms with van der Waals surface area (Å²) in [6.45, 7) is 5.20. The van der Waals surface area contributed by atoms with Crippen molar-refractivity contribution in [1.82, 2.24) is 9.80 Å². The third-order valence-corrected chi connectivity index (χ3v) is 5.90. The van der Waals surface area contributed by atoms with Gasteiger partial charge in [0.05, 0.1) is 5.56 Å². The number of amides is 1. The molecule has 31 heavy (non-hydrogen) atoms. The van der Waals surface area contributed by atoms with E-state index < -0.39 is 0 Å². The monoisotopic (exact) mass is 436 g/mol. The van der Waals surface area contributed by atoms with Gasteiger partial charge in [0, 0.05) is 43.1 Å². The van der Waals surface area contributed by atoms with Crippen LogP contribution in [0.3, 0.4) is 0 Å². The second kappa shape index (κ2) is 9.50.